The Bertz CT molecular complexity index is 576. The molecule has 2 aromatic rings. The number of nitrogen functional groups attached to an aromatic ring is 1. The standard InChI is InChI=1S/C11H10N4O2/c12-6-9-2-1-4-15(9)7-8-3-5-17-10(8)11(16)14-13/h1-5H,7,13H2,(H,14,16). The van der Waals surface area contributed by atoms with E-state index in [-0.39, 0.29) is 5.76 Å². The Balaban J connectivity index is 2.29. The maximum atomic E-state index is 11.4. The van der Waals surface area contributed by atoms with Gasteiger partial charge in [-0.25, -0.2) is 5.84 Å². The summed E-state index contributed by atoms with van der Waals surface area (Å²) >= 11 is 0. The van der Waals surface area contributed by atoms with Crippen molar-refractivity contribution in [3.05, 3.63) is 47.7 Å². The summed E-state index contributed by atoms with van der Waals surface area (Å²) < 4.78 is 6.77. The topological polar surface area (TPSA) is 97.0 Å². The van der Waals surface area contributed by atoms with Crippen LogP contribution in [-0.4, -0.2) is 10.5 Å². The van der Waals surface area contributed by atoms with Gasteiger partial charge in [0.05, 0.1) is 12.8 Å². The Morgan fingerprint density at radius 1 is 1.59 bits per heavy atom. The van der Waals surface area contributed by atoms with Crippen LogP contribution in [0.1, 0.15) is 21.8 Å². The van der Waals surface area contributed by atoms with Crippen LogP contribution >= 0.6 is 0 Å². The highest BCUT2D eigenvalue weighted by Gasteiger charge is 2.14. The highest BCUT2D eigenvalue weighted by molar-refractivity contribution is 5.92. The summed E-state index contributed by atoms with van der Waals surface area (Å²) in [7, 11) is 0. The first-order valence-electron chi connectivity index (χ1n) is 4.89. The Morgan fingerprint density at radius 3 is 3.12 bits per heavy atom. The summed E-state index contributed by atoms with van der Waals surface area (Å²) in [6.07, 6.45) is 3.17. The first-order chi connectivity index (χ1) is 8.26. The van der Waals surface area contributed by atoms with Crippen molar-refractivity contribution in [2.24, 2.45) is 5.84 Å². The number of nitrogens with two attached hydrogens (primary N) is 1. The Kier molecular flexibility index (Phi) is 2.94. The zero-order chi connectivity index (χ0) is 12.3. The maximum absolute atomic E-state index is 11.4. The predicted octanol–water partition coefficient (Wildman–Crippen LogP) is 0.605. The van der Waals surface area contributed by atoms with Crippen LogP contribution in [0.2, 0.25) is 0 Å². The molecule has 0 saturated carbocycles. The van der Waals surface area contributed by atoms with Gasteiger partial charge in [-0.3, -0.25) is 10.2 Å². The Labute approximate surface area is 97.2 Å². The quantitative estimate of drug-likeness (QED) is 0.458. The first kappa shape index (κ1) is 11.0. The summed E-state index contributed by atoms with van der Waals surface area (Å²) in [6, 6.07) is 7.19. The van der Waals surface area contributed by atoms with Crippen LogP contribution in [0.25, 0.3) is 0 Å². The van der Waals surface area contributed by atoms with Crippen LogP contribution in [-0.2, 0) is 6.54 Å². The van der Waals surface area contributed by atoms with Gasteiger partial charge in [-0.15, -0.1) is 0 Å². The zero-order valence-corrected chi connectivity index (χ0v) is 8.88. The lowest BCUT2D eigenvalue weighted by Crippen LogP contribution is -2.30. The van der Waals surface area contributed by atoms with Crippen LogP contribution < -0.4 is 11.3 Å². The summed E-state index contributed by atoms with van der Waals surface area (Å²) in [5, 5.41) is 8.87. The average molecular weight is 230 g/mol. The van der Waals surface area contributed by atoms with Crippen LogP contribution in [0, 0.1) is 11.3 Å². The van der Waals surface area contributed by atoms with E-state index >= 15 is 0 Å². The molecule has 17 heavy (non-hydrogen) atoms. The fraction of sp³-hybridized carbons (Fsp3) is 0.0909. The van der Waals surface area contributed by atoms with Gasteiger partial charge < -0.3 is 8.98 Å². The van der Waals surface area contributed by atoms with Crippen LogP contribution in [0.3, 0.4) is 0 Å². The molecule has 0 aliphatic rings. The second-order valence-corrected chi connectivity index (χ2v) is 3.38. The number of carbonyl (C=O) groups excluding carboxylic acids is 1. The third kappa shape index (κ3) is 2.04. The van der Waals surface area contributed by atoms with Gasteiger partial charge in [0.1, 0.15) is 11.8 Å². The molecule has 0 aliphatic heterocycles. The third-order valence-corrected chi connectivity index (χ3v) is 2.37. The molecule has 2 rings (SSSR count). The zero-order valence-electron chi connectivity index (χ0n) is 8.88. The number of rotatable bonds is 3. The van der Waals surface area contributed by atoms with E-state index < -0.39 is 5.91 Å². The molecule has 0 aromatic carbocycles. The van der Waals surface area contributed by atoms with Crippen LogP contribution in [0.15, 0.2) is 35.1 Å². The number of carbonyl (C=O) groups is 1. The molecule has 6 nitrogen and oxygen atoms in total. The van der Waals surface area contributed by atoms with Crippen molar-refractivity contribution in [2.75, 3.05) is 0 Å². The van der Waals surface area contributed by atoms with Gasteiger partial charge in [0.25, 0.3) is 0 Å². The molecule has 3 N–H and O–H groups in total. The van der Waals surface area contributed by atoms with Crippen molar-refractivity contribution in [1.82, 2.24) is 9.99 Å². The second-order valence-electron chi connectivity index (χ2n) is 3.38. The fourth-order valence-corrected chi connectivity index (χ4v) is 1.56. The Morgan fingerprint density at radius 2 is 2.41 bits per heavy atom. The van der Waals surface area contributed by atoms with Crippen molar-refractivity contribution in [1.29, 1.82) is 5.26 Å². The molecule has 0 saturated heterocycles. The van der Waals surface area contributed by atoms with E-state index in [1.807, 2.05) is 5.43 Å². The summed E-state index contributed by atoms with van der Waals surface area (Å²) in [4.78, 5) is 11.4. The van der Waals surface area contributed by atoms with Crippen molar-refractivity contribution < 1.29 is 9.21 Å². The third-order valence-electron chi connectivity index (χ3n) is 2.37. The molecular weight excluding hydrogens is 220 g/mol. The summed E-state index contributed by atoms with van der Waals surface area (Å²) in [6.45, 7) is 0.384. The van der Waals surface area contributed by atoms with Crippen molar-refractivity contribution in [2.45, 2.75) is 6.54 Å². The van der Waals surface area contributed by atoms with E-state index in [4.69, 9.17) is 15.5 Å². The first-order valence-corrected chi connectivity index (χ1v) is 4.89. The molecule has 86 valence electrons. The van der Waals surface area contributed by atoms with E-state index in [9.17, 15) is 4.79 Å². The molecule has 0 spiro atoms. The highest BCUT2D eigenvalue weighted by Crippen LogP contribution is 2.13. The number of amides is 1. The number of hydrogen-bond donors (Lipinski definition) is 2. The molecule has 0 atom stereocenters. The predicted molar refractivity (Wildman–Crippen MR) is 58.6 cm³/mol. The van der Waals surface area contributed by atoms with Gasteiger partial charge in [-0.2, -0.15) is 5.26 Å². The summed E-state index contributed by atoms with van der Waals surface area (Å²) in [5.74, 6) is 4.71. The molecule has 0 fully saturated rings. The molecule has 6 heteroatoms. The van der Waals surface area contributed by atoms with Gasteiger partial charge in [-0.1, -0.05) is 0 Å². The lowest BCUT2D eigenvalue weighted by molar-refractivity contribution is 0.0924. The second kappa shape index (κ2) is 4.55. The summed E-state index contributed by atoms with van der Waals surface area (Å²) in [5.41, 5.74) is 3.20. The lowest BCUT2D eigenvalue weighted by Gasteiger charge is -2.04. The van der Waals surface area contributed by atoms with E-state index in [1.165, 1.54) is 6.26 Å². The van der Waals surface area contributed by atoms with Gasteiger partial charge in [-0.05, 0) is 18.2 Å². The molecule has 0 unspecified atom stereocenters. The molecule has 0 radical (unpaired) electrons. The van der Waals surface area contributed by atoms with Crippen molar-refractivity contribution in [3.8, 4) is 6.07 Å². The number of nitrogens with one attached hydrogen (secondary N) is 1. The van der Waals surface area contributed by atoms with E-state index in [0.29, 0.717) is 17.8 Å². The van der Waals surface area contributed by atoms with Crippen molar-refractivity contribution in [3.63, 3.8) is 0 Å². The van der Waals surface area contributed by atoms with Gasteiger partial charge in [0.2, 0.25) is 0 Å². The smallest absolute Gasteiger partial charge is 0.301 e. The van der Waals surface area contributed by atoms with E-state index in [1.54, 1.807) is 29.0 Å². The molecule has 2 aromatic heterocycles. The molecular formula is C11H10N4O2. The van der Waals surface area contributed by atoms with E-state index in [2.05, 4.69) is 6.07 Å². The number of nitriles is 1. The van der Waals surface area contributed by atoms with Gasteiger partial charge >= 0.3 is 5.91 Å². The average Bonchev–Trinajstić information content (AvgIpc) is 2.97. The monoisotopic (exact) mass is 230 g/mol. The van der Waals surface area contributed by atoms with Gasteiger partial charge in [0, 0.05) is 11.8 Å². The molecule has 1 amide bonds. The van der Waals surface area contributed by atoms with E-state index in [0.717, 1.165) is 0 Å². The molecule has 0 aliphatic carbocycles. The van der Waals surface area contributed by atoms with Crippen molar-refractivity contribution >= 4 is 5.91 Å². The number of aromatic nitrogens is 1. The largest absolute Gasteiger partial charge is 0.459 e. The number of nitrogens with zero attached hydrogens (tertiary/aromatic N) is 2. The molecule has 2 heterocycles. The lowest BCUT2D eigenvalue weighted by atomic mass is 10.2. The minimum atomic E-state index is -0.490. The minimum absolute atomic E-state index is 0.157. The SMILES string of the molecule is N#Cc1cccn1Cc1ccoc1C(=O)NN. The van der Waals surface area contributed by atoms with Gasteiger partial charge in [0.15, 0.2) is 5.76 Å². The molecule has 0 bridgehead atoms. The minimum Gasteiger partial charge on any atom is -0.459 e. The van der Waals surface area contributed by atoms with Crippen LogP contribution in [0.4, 0.5) is 0 Å². The number of furan rings is 1. The maximum Gasteiger partial charge on any atom is 0.301 e. The van der Waals surface area contributed by atoms with Crippen LogP contribution in [0.5, 0.6) is 0 Å². The fourth-order valence-electron chi connectivity index (χ4n) is 1.56. The highest BCUT2D eigenvalue weighted by atomic mass is 16.3. The number of hydrazine groups is 1. The Hall–Kier alpha value is -2.52. The normalized spacial score (nSPS) is 9.88. The number of hydrogen-bond acceptors (Lipinski definition) is 4.